The zero-order valence-corrected chi connectivity index (χ0v) is 12.2. The van der Waals surface area contributed by atoms with Gasteiger partial charge in [0.15, 0.2) is 0 Å². The molecule has 19 heavy (non-hydrogen) atoms. The Balaban J connectivity index is 2.19. The van der Waals surface area contributed by atoms with Crippen molar-refractivity contribution in [3.8, 4) is 5.75 Å². The Kier molecular flexibility index (Phi) is 3.94. The minimum atomic E-state index is 0.454. The highest BCUT2D eigenvalue weighted by Crippen LogP contribution is 2.25. The van der Waals surface area contributed by atoms with E-state index >= 15 is 0 Å². The average Bonchev–Trinajstić information content (AvgIpc) is 2.30. The highest BCUT2D eigenvalue weighted by atomic mass is 16.3. The molecule has 0 atom stereocenters. The van der Waals surface area contributed by atoms with E-state index in [1.165, 1.54) is 22.3 Å². The topological polar surface area (TPSA) is 20.2 Å². The molecule has 1 heteroatoms. The lowest BCUT2D eigenvalue weighted by molar-refractivity contribution is 0.463. The van der Waals surface area contributed by atoms with Crippen molar-refractivity contribution in [2.45, 2.75) is 40.5 Å². The van der Waals surface area contributed by atoms with Gasteiger partial charge >= 0.3 is 0 Å². The maximum Gasteiger partial charge on any atom is 0.121 e. The van der Waals surface area contributed by atoms with Crippen LogP contribution in [0.1, 0.15) is 33.4 Å². The van der Waals surface area contributed by atoms with E-state index in [1.807, 2.05) is 13.0 Å². The highest BCUT2D eigenvalue weighted by molar-refractivity contribution is 5.43. The summed E-state index contributed by atoms with van der Waals surface area (Å²) >= 11 is 0. The Morgan fingerprint density at radius 3 is 1.95 bits per heavy atom. The van der Waals surface area contributed by atoms with Crippen molar-refractivity contribution in [2.24, 2.45) is 0 Å². The van der Waals surface area contributed by atoms with E-state index in [0.29, 0.717) is 5.75 Å². The van der Waals surface area contributed by atoms with E-state index in [0.717, 1.165) is 24.0 Å². The summed E-state index contributed by atoms with van der Waals surface area (Å²) in [5.74, 6) is 0.454. The number of hydrogen-bond donors (Lipinski definition) is 1. The van der Waals surface area contributed by atoms with E-state index in [-0.39, 0.29) is 0 Å². The molecule has 0 saturated heterocycles. The Morgan fingerprint density at radius 2 is 1.32 bits per heavy atom. The maximum atomic E-state index is 10.1. The van der Waals surface area contributed by atoms with Crippen molar-refractivity contribution in [3.63, 3.8) is 0 Å². The Hall–Kier alpha value is -1.76. The van der Waals surface area contributed by atoms with Gasteiger partial charge < -0.3 is 5.11 Å². The summed E-state index contributed by atoms with van der Waals surface area (Å²) in [7, 11) is 0. The lowest BCUT2D eigenvalue weighted by Crippen LogP contribution is -1.95. The summed E-state index contributed by atoms with van der Waals surface area (Å²) in [6.07, 6.45) is 1.86. The summed E-state index contributed by atoms with van der Waals surface area (Å²) < 4.78 is 0. The van der Waals surface area contributed by atoms with Gasteiger partial charge in [-0.05, 0) is 57.2 Å². The van der Waals surface area contributed by atoms with Gasteiger partial charge in [-0.2, -0.15) is 0 Å². The molecule has 0 aliphatic carbocycles. The van der Waals surface area contributed by atoms with Crippen LogP contribution in [0.4, 0.5) is 0 Å². The quantitative estimate of drug-likeness (QED) is 0.860. The first kappa shape index (κ1) is 13.7. The number of phenols is 1. The number of benzene rings is 2. The third kappa shape index (κ3) is 3.37. The molecular weight excluding hydrogens is 232 g/mol. The maximum absolute atomic E-state index is 10.1. The predicted molar refractivity (Wildman–Crippen MR) is 80.9 cm³/mol. The molecule has 1 nitrogen and oxygen atoms in total. The molecule has 2 aromatic carbocycles. The monoisotopic (exact) mass is 254 g/mol. The van der Waals surface area contributed by atoms with Crippen LogP contribution < -0.4 is 0 Å². The first-order valence-corrected chi connectivity index (χ1v) is 6.82. The van der Waals surface area contributed by atoms with Crippen molar-refractivity contribution < 1.29 is 5.11 Å². The van der Waals surface area contributed by atoms with Gasteiger partial charge in [0.05, 0.1) is 0 Å². The molecule has 0 amide bonds. The fraction of sp³-hybridized carbons (Fsp3) is 0.333. The molecule has 0 spiro atoms. The van der Waals surface area contributed by atoms with Crippen LogP contribution in [0.2, 0.25) is 0 Å². The van der Waals surface area contributed by atoms with Gasteiger partial charge in [-0.1, -0.05) is 47.0 Å². The molecule has 0 aliphatic rings. The van der Waals surface area contributed by atoms with Gasteiger partial charge in [0.25, 0.3) is 0 Å². The number of hydrogen-bond acceptors (Lipinski definition) is 1. The summed E-state index contributed by atoms with van der Waals surface area (Å²) in [6.45, 7) is 8.30. The second kappa shape index (κ2) is 5.48. The normalized spacial score (nSPS) is 10.7. The summed E-state index contributed by atoms with van der Waals surface area (Å²) in [6, 6.07) is 10.8. The van der Waals surface area contributed by atoms with Crippen LogP contribution in [-0.2, 0) is 12.8 Å². The molecule has 0 saturated carbocycles. The summed E-state index contributed by atoms with van der Waals surface area (Å²) in [5, 5.41) is 10.1. The molecule has 100 valence electrons. The van der Waals surface area contributed by atoms with E-state index in [1.54, 1.807) is 0 Å². The first-order valence-electron chi connectivity index (χ1n) is 6.82. The Labute approximate surface area is 115 Å². The van der Waals surface area contributed by atoms with Crippen LogP contribution in [0.5, 0.6) is 5.75 Å². The molecule has 0 bridgehead atoms. The van der Waals surface area contributed by atoms with Crippen LogP contribution >= 0.6 is 0 Å². The first-order chi connectivity index (χ1) is 8.95. The van der Waals surface area contributed by atoms with E-state index in [9.17, 15) is 5.11 Å². The van der Waals surface area contributed by atoms with Crippen LogP contribution in [-0.4, -0.2) is 5.11 Å². The molecule has 0 fully saturated rings. The van der Waals surface area contributed by atoms with Gasteiger partial charge in [-0.25, -0.2) is 0 Å². The molecule has 0 radical (unpaired) electrons. The SMILES string of the molecule is Cc1cc(C)cc(CCc2cc(C)cc(C)c2O)c1. The minimum Gasteiger partial charge on any atom is -0.507 e. The number of phenolic OH excluding ortho intramolecular Hbond substituents is 1. The zero-order valence-electron chi connectivity index (χ0n) is 12.2. The molecule has 1 N–H and O–H groups in total. The van der Waals surface area contributed by atoms with Gasteiger partial charge in [-0.15, -0.1) is 0 Å². The van der Waals surface area contributed by atoms with E-state index < -0.39 is 0 Å². The van der Waals surface area contributed by atoms with Gasteiger partial charge in [0.2, 0.25) is 0 Å². The molecule has 2 aromatic rings. The fourth-order valence-corrected chi connectivity index (χ4v) is 2.73. The molecular formula is C18H22O. The van der Waals surface area contributed by atoms with Crippen molar-refractivity contribution in [1.29, 1.82) is 0 Å². The minimum absolute atomic E-state index is 0.454. The van der Waals surface area contributed by atoms with Crippen molar-refractivity contribution in [2.75, 3.05) is 0 Å². The van der Waals surface area contributed by atoms with E-state index in [4.69, 9.17) is 0 Å². The number of aryl methyl sites for hydroxylation is 6. The number of rotatable bonds is 3. The third-order valence-corrected chi connectivity index (χ3v) is 3.49. The molecule has 2 rings (SSSR count). The number of aromatic hydroxyl groups is 1. The molecule has 0 unspecified atom stereocenters. The van der Waals surface area contributed by atoms with Crippen LogP contribution in [0, 0.1) is 27.7 Å². The fourth-order valence-electron chi connectivity index (χ4n) is 2.73. The smallest absolute Gasteiger partial charge is 0.121 e. The largest absolute Gasteiger partial charge is 0.507 e. The molecule has 0 aliphatic heterocycles. The lowest BCUT2D eigenvalue weighted by atomic mass is 9.97. The van der Waals surface area contributed by atoms with Gasteiger partial charge in [-0.3, -0.25) is 0 Å². The molecule has 0 aromatic heterocycles. The lowest BCUT2D eigenvalue weighted by Gasteiger charge is -2.10. The second-order valence-electron chi connectivity index (χ2n) is 5.59. The predicted octanol–water partition coefficient (Wildman–Crippen LogP) is 4.41. The summed E-state index contributed by atoms with van der Waals surface area (Å²) in [4.78, 5) is 0. The Bertz CT molecular complexity index is 577. The van der Waals surface area contributed by atoms with Crippen LogP contribution in [0.25, 0.3) is 0 Å². The second-order valence-corrected chi connectivity index (χ2v) is 5.59. The van der Waals surface area contributed by atoms with Crippen LogP contribution in [0.3, 0.4) is 0 Å². The Morgan fingerprint density at radius 1 is 0.737 bits per heavy atom. The van der Waals surface area contributed by atoms with Gasteiger partial charge in [0, 0.05) is 0 Å². The van der Waals surface area contributed by atoms with E-state index in [2.05, 4.69) is 45.0 Å². The summed E-state index contributed by atoms with van der Waals surface area (Å²) in [5.41, 5.74) is 7.19. The third-order valence-electron chi connectivity index (χ3n) is 3.49. The zero-order chi connectivity index (χ0) is 14.0. The molecule has 0 heterocycles. The highest BCUT2D eigenvalue weighted by Gasteiger charge is 2.06. The van der Waals surface area contributed by atoms with Crippen molar-refractivity contribution in [1.82, 2.24) is 0 Å². The van der Waals surface area contributed by atoms with Crippen LogP contribution in [0.15, 0.2) is 30.3 Å². The standard InChI is InChI=1S/C18H22O/c1-12-7-13(2)10-16(9-12)5-6-17-11-14(3)8-15(4)18(17)19/h7-11,19H,5-6H2,1-4H3. The van der Waals surface area contributed by atoms with Crippen molar-refractivity contribution >= 4 is 0 Å². The van der Waals surface area contributed by atoms with Gasteiger partial charge in [0.1, 0.15) is 5.75 Å². The average molecular weight is 254 g/mol. The van der Waals surface area contributed by atoms with Crippen molar-refractivity contribution in [3.05, 3.63) is 63.7 Å².